The SMILES string of the molecule is CC(C)Oc1cc(N(C)C)cc2[nH]c(C(=O)OCCN3CCCCC3)cc12. The molecule has 0 amide bonds. The molecule has 0 radical (unpaired) electrons. The average molecular weight is 373 g/mol. The second-order valence-corrected chi connectivity index (χ2v) is 7.69. The van der Waals surface area contributed by atoms with Gasteiger partial charge >= 0.3 is 5.97 Å². The van der Waals surface area contributed by atoms with Gasteiger partial charge in [0.15, 0.2) is 0 Å². The molecule has 1 saturated heterocycles. The Morgan fingerprint density at radius 1 is 1.19 bits per heavy atom. The van der Waals surface area contributed by atoms with Crippen LogP contribution in [0.4, 0.5) is 5.69 Å². The van der Waals surface area contributed by atoms with Gasteiger partial charge in [-0.05, 0) is 51.9 Å². The summed E-state index contributed by atoms with van der Waals surface area (Å²) in [6.45, 7) is 7.43. The molecule has 6 nitrogen and oxygen atoms in total. The van der Waals surface area contributed by atoms with Crippen LogP contribution >= 0.6 is 0 Å². The lowest BCUT2D eigenvalue weighted by Crippen LogP contribution is -2.33. The molecule has 0 atom stereocenters. The molecule has 3 rings (SSSR count). The Morgan fingerprint density at radius 3 is 2.59 bits per heavy atom. The number of nitrogens with one attached hydrogen (secondary N) is 1. The molecule has 2 aromatic rings. The summed E-state index contributed by atoms with van der Waals surface area (Å²) >= 11 is 0. The molecule has 1 N–H and O–H groups in total. The number of aromatic amines is 1. The monoisotopic (exact) mass is 373 g/mol. The number of likely N-dealkylation sites (tertiary alicyclic amines) is 1. The topological polar surface area (TPSA) is 57.8 Å². The first-order valence-electron chi connectivity index (χ1n) is 9.84. The molecular formula is C21H31N3O3. The number of fused-ring (bicyclic) bond motifs is 1. The van der Waals surface area contributed by atoms with E-state index < -0.39 is 0 Å². The quantitative estimate of drug-likeness (QED) is 0.751. The number of aromatic nitrogens is 1. The van der Waals surface area contributed by atoms with E-state index in [9.17, 15) is 4.79 Å². The second kappa shape index (κ2) is 8.65. The zero-order valence-electron chi connectivity index (χ0n) is 16.9. The van der Waals surface area contributed by atoms with Crippen LogP contribution in [0.25, 0.3) is 10.9 Å². The molecule has 0 bridgehead atoms. The first-order valence-corrected chi connectivity index (χ1v) is 9.84. The molecule has 148 valence electrons. The summed E-state index contributed by atoms with van der Waals surface area (Å²) in [5.74, 6) is 0.458. The smallest absolute Gasteiger partial charge is 0.354 e. The predicted octanol–water partition coefficient (Wildman–Crippen LogP) is 3.66. The molecule has 1 aromatic heterocycles. The molecule has 27 heavy (non-hydrogen) atoms. The summed E-state index contributed by atoms with van der Waals surface area (Å²) in [5.41, 5.74) is 2.36. The second-order valence-electron chi connectivity index (χ2n) is 7.69. The number of anilines is 1. The van der Waals surface area contributed by atoms with Crippen LogP contribution in [0.5, 0.6) is 5.75 Å². The van der Waals surface area contributed by atoms with Crippen molar-refractivity contribution in [3.8, 4) is 5.75 Å². The van der Waals surface area contributed by atoms with Crippen molar-refractivity contribution in [2.24, 2.45) is 0 Å². The molecule has 6 heteroatoms. The zero-order valence-corrected chi connectivity index (χ0v) is 16.9. The summed E-state index contributed by atoms with van der Waals surface area (Å²) in [6, 6.07) is 5.85. The average Bonchev–Trinajstić information content (AvgIpc) is 3.06. The molecule has 0 aliphatic carbocycles. The van der Waals surface area contributed by atoms with Gasteiger partial charge in [-0.1, -0.05) is 6.42 Å². The minimum absolute atomic E-state index is 0.0560. The van der Waals surface area contributed by atoms with Gasteiger partial charge in [0.2, 0.25) is 0 Å². The summed E-state index contributed by atoms with van der Waals surface area (Å²) < 4.78 is 11.5. The maximum absolute atomic E-state index is 12.5. The van der Waals surface area contributed by atoms with E-state index in [0.29, 0.717) is 12.3 Å². The molecule has 2 heterocycles. The van der Waals surface area contributed by atoms with Gasteiger partial charge in [0.1, 0.15) is 18.1 Å². The van der Waals surface area contributed by atoms with E-state index in [-0.39, 0.29) is 12.1 Å². The van der Waals surface area contributed by atoms with Crippen molar-refractivity contribution in [1.29, 1.82) is 0 Å². The van der Waals surface area contributed by atoms with Crippen LogP contribution in [0.15, 0.2) is 18.2 Å². The highest BCUT2D eigenvalue weighted by Crippen LogP contribution is 2.32. The van der Waals surface area contributed by atoms with Gasteiger partial charge in [0.25, 0.3) is 0 Å². The Morgan fingerprint density at radius 2 is 1.93 bits per heavy atom. The fourth-order valence-electron chi connectivity index (χ4n) is 3.44. The predicted molar refractivity (Wildman–Crippen MR) is 109 cm³/mol. The lowest BCUT2D eigenvalue weighted by atomic mass is 10.1. The fourth-order valence-corrected chi connectivity index (χ4v) is 3.44. The third-order valence-electron chi connectivity index (χ3n) is 4.87. The number of nitrogens with zero attached hydrogens (tertiary/aromatic N) is 2. The van der Waals surface area contributed by atoms with Gasteiger partial charge in [-0.25, -0.2) is 4.79 Å². The van der Waals surface area contributed by atoms with Crippen LogP contribution in [0.3, 0.4) is 0 Å². The lowest BCUT2D eigenvalue weighted by Gasteiger charge is -2.25. The Kier molecular flexibility index (Phi) is 6.26. The van der Waals surface area contributed by atoms with E-state index in [2.05, 4.69) is 9.88 Å². The van der Waals surface area contributed by atoms with Gasteiger partial charge in [-0.15, -0.1) is 0 Å². The maximum Gasteiger partial charge on any atom is 0.354 e. The van der Waals surface area contributed by atoms with Crippen LogP contribution in [-0.2, 0) is 4.74 Å². The Hall–Kier alpha value is -2.21. The number of H-pyrrole nitrogens is 1. The summed E-state index contributed by atoms with van der Waals surface area (Å²) in [4.78, 5) is 20.1. The van der Waals surface area contributed by atoms with E-state index in [1.807, 2.05) is 51.0 Å². The lowest BCUT2D eigenvalue weighted by molar-refractivity contribution is 0.0446. The van der Waals surface area contributed by atoms with Crippen molar-refractivity contribution in [1.82, 2.24) is 9.88 Å². The number of hydrogen-bond donors (Lipinski definition) is 1. The van der Waals surface area contributed by atoms with Crippen molar-refractivity contribution >= 4 is 22.6 Å². The minimum Gasteiger partial charge on any atom is -0.490 e. The Balaban J connectivity index is 1.73. The van der Waals surface area contributed by atoms with Gasteiger partial charge in [0.05, 0.1) is 11.6 Å². The molecule has 1 aliphatic rings. The van der Waals surface area contributed by atoms with Gasteiger partial charge in [0, 0.05) is 37.8 Å². The highest BCUT2D eigenvalue weighted by atomic mass is 16.5. The Labute approximate surface area is 161 Å². The minimum atomic E-state index is -0.315. The highest BCUT2D eigenvalue weighted by Gasteiger charge is 2.17. The van der Waals surface area contributed by atoms with Crippen molar-refractivity contribution in [2.45, 2.75) is 39.2 Å². The number of carbonyl (C=O) groups excluding carboxylic acids is 1. The third-order valence-corrected chi connectivity index (χ3v) is 4.87. The number of carbonyl (C=O) groups is 1. The normalized spacial score (nSPS) is 15.3. The number of esters is 1. The van der Waals surface area contributed by atoms with Crippen molar-refractivity contribution in [3.05, 3.63) is 23.9 Å². The van der Waals surface area contributed by atoms with E-state index in [0.717, 1.165) is 42.0 Å². The van der Waals surface area contributed by atoms with Crippen LogP contribution in [0.1, 0.15) is 43.6 Å². The van der Waals surface area contributed by atoms with Gasteiger partial charge in [-0.2, -0.15) is 0 Å². The van der Waals surface area contributed by atoms with Crippen molar-refractivity contribution in [3.63, 3.8) is 0 Å². The molecule has 0 saturated carbocycles. The summed E-state index contributed by atoms with van der Waals surface area (Å²) in [6.07, 6.45) is 3.84. The van der Waals surface area contributed by atoms with E-state index in [1.165, 1.54) is 19.3 Å². The van der Waals surface area contributed by atoms with Crippen LogP contribution in [-0.4, -0.2) is 62.3 Å². The van der Waals surface area contributed by atoms with Gasteiger partial charge in [-0.3, -0.25) is 4.90 Å². The van der Waals surface area contributed by atoms with Crippen molar-refractivity contribution < 1.29 is 14.3 Å². The molecule has 1 fully saturated rings. The number of ether oxygens (including phenoxy) is 2. The van der Waals surface area contributed by atoms with Crippen molar-refractivity contribution in [2.75, 3.05) is 45.2 Å². The Bertz CT molecular complexity index is 776. The first kappa shape index (κ1) is 19.5. The molecule has 1 aliphatic heterocycles. The van der Waals surface area contributed by atoms with Gasteiger partial charge < -0.3 is 19.4 Å². The zero-order chi connectivity index (χ0) is 19.4. The maximum atomic E-state index is 12.5. The first-order chi connectivity index (χ1) is 12.9. The summed E-state index contributed by atoms with van der Waals surface area (Å²) in [7, 11) is 3.97. The van der Waals surface area contributed by atoms with Crippen LogP contribution < -0.4 is 9.64 Å². The molecular weight excluding hydrogens is 342 g/mol. The molecule has 0 unspecified atom stereocenters. The number of rotatable bonds is 7. The van der Waals surface area contributed by atoms with Crippen LogP contribution in [0.2, 0.25) is 0 Å². The number of hydrogen-bond acceptors (Lipinski definition) is 5. The van der Waals surface area contributed by atoms with E-state index in [4.69, 9.17) is 9.47 Å². The van der Waals surface area contributed by atoms with E-state index >= 15 is 0 Å². The summed E-state index contributed by atoms with van der Waals surface area (Å²) in [5, 5.41) is 0.900. The number of piperidine rings is 1. The fraction of sp³-hybridized carbons (Fsp3) is 0.571. The van der Waals surface area contributed by atoms with E-state index in [1.54, 1.807) is 0 Å². The number of benzene rings is 1. The standard InChI is InChI=1S/C21H31N3O3/c1-15(2)27-20-13-16(23(3)4)12-18-17(20)14-19(22-18)21(25)26-11-10-24-8-6-5-7-9-24/h12-15,22H,5-11H2,1-4H3. The largest absolute Gasteiger partial charge is 0.490 e. The molecule has 0 spiro atoms. The highest BCUT2D eigenvalue weighted by molar-refractivity contribution is 5.98. The third kappa shape index (κ3) is 4.95. The van der Waals surface area contributed by atoms with Crippen LogP contribution in [0, 0.1) is 0 Å². The molecule has 1 aromatic carbocycles.